The van der Waals surface area contributed by atoms with Crippen molar-refractivity contribution in [2.24, 2.45) is 0 Å². The van der Waals surface area contributed by atoms with Gasteiger partial charge >= 0.3 is 0 Å². The fourth-order valence-corrected chi connectivity index (χ4v) is 2.05. The second-order valence-corrected chi connectivity index (χ2v) is 4.54. The minimum atomic E-state index is -0.0694. The Labute approximate surface area is 106 Å². The molecule has 0 saturated carbocycles. The van der Waals surface area contributed by atoms with Crippen molar-refractivity contribution in [3.63, 3.8) is 0 Å². The van der Waals surface area contributed by atoms with E-state index in [0.29, 0.717) is 13.2 Å². The van der Waals surface area contributed by atoms with E-state index in [-0.39, 0.29) is 11.9 Å². The molecule has 0 bridgehead atoms. The summed E-state index contributed by atoms with van der Waals surface area (Å²) in [7, 11) is 0. The summed E-state index contributed by atoms with van der Waals surface area (Å²) in [5.41, 5.74) is 2.24. The molecule has 0 atom stereocenters. The van der Waals surface area contributed by atoms with Gasteiger partial charge in [0, 0.05) is 12.5 Å². The highest BCUT2D eigenvalue weighted by atomic mass is 16.5. The Morgan fingerprint density at radius 1 is 1.39 bits per heavy atom. The van der Waals surface area contributed by atoms with Crippen molar-refractivity contribution in [2.45, 2.75) is 12.5 Å². The number of amides is 1. The molecule has 0 aliphatic carbocycles. The summed E-state index contributed by atoms with van der Waals surface area (Å²) in [5, 5.41) is 2.86. The van der Waals surface area contributed by atoms with Crippen molar-refractivity contribution in [3.8, 4) is 5.75 Å². The smallest absolute Gasteiger partial charge is 0.244 e. The lowest BCUT2D eigenvalue weighted by Crippen LogP contribution is -2.48. The van der Waals surface area contributed by atoms with Gasteiger partial charge in [0.1, 0.15) is 5.75 Å². The zero-order valence-electron chi connectivity index (χ0n) is 10.0. The normalized spacial score (nSPS) is 18.2. The molecule has 0 unspecified atom stereocenters. The van der Waals surface area contributed by atoms with Crippen LogP contribution >= 0.6 is 0 Å². The van der Waals surface area contributed by atoms with Crippen molar-refractivity contribution >= 4 is 12.0 Å². The SMILES string of the molecule is O=C(C=Cc1ccc2c(c1)CCO2)NC1COC1. The average Bonchev–Trinajstić information content (AvgIpc) is 2.78. The van der Waals surface area contributed by atoms with Gasteiger partial charge < -0.3 is 14.8 Å². The first-order chi connectivity index (χ1) is 8.81. The minimum absolute atomic E-state index is 0.0694. The third-order valence-electron chi connectivity index (χ3n) is 3.13. The molecule has 2 heterocycles. The molecule has 1 N–H and O–H groups in total. The number of carbonyl (C=O) groups excluding carboxylic acids is 1. The Balaban J connectivity index is 1.62. The fraction of sp³-hybridized carbons (Fsp3) is 0.357. The van der Waals surface area contributed by atoms with Crippen LogP contribution in [0.15, 0.2) is 24.3 Å². The number of hydrogen-bond donors (Lipinski definition) is 1. The predicted molar refractivity (Wildman–Crippen MR) is 67.4 cm³/mol. The number of ether oxygens (including phenoxy) is 2. The zero-order valence-corrected chi connectivity index (χ0v) is 10.0. The Kier molecular flexibility index (Phi) is 3.02. The van der Waals surface area contributed by atoms with Gasteiger partial charge in [0.05, 0.1) is 25.9 Å². The molecule has 1 saturated heterocycles. The Bertz CT molecular complexity index is 492. The van der Waals surface area contributed by atoms with E-state index in [1.807, 2.05) is 18.2 Å². The zero-order chi connectivity index (χ0) is 12.4. The monoisotopic (exact) mass is 245 g/mol. The number of rotatable bonds is 3. The first kappa shape index (κ1) is 11.3. The van der Waals surface area contributed by atoms with Crippen LogP contribution in [0.4, 0.5) is 0 Å². The van der Waals surface area contributed by atoms with Gasteiger partial charge in [0.2, 0.25) is 5.91 Å². The van der Waals surface area contributed by atoms with E-state index in [1.165, 1.54) is 5.56 Å². The van der Waals surface area contributed by atoms with Crippen LogP contribution in [0.3, 0.4) is 0 Å². The lowest BCUT2D eigenvalue weighted by molar-refractivity contribution is -0.120. The molecule has 18 heavy (non-hydrogen) atoms. The van der Waals surface area contributed by atoms with Crippen molar-refractivity contribution in [2.75, 3.05) is 19.8 Å². The summed E-state index contributed by atoms with van der Waals surface area (Å²) in [6.07, 6.45) is 4.34. The maximum Gasteiger partial charge on any atom is 0.244 e. The average molecular weight is 245 g/mol. The minimum Gasteiger partial charge on any atom is -0.493 e. The molecule has 1 amide bonds. The van der Waals surface area contributed by atoms with Gasteiger partial charge in [-0.05, 0) is 29.3 Å². The van der Waals surface area contributed by atoms with Gasteiger partial charge in [0.15, 0.2) is 0 Å². The van der Waals surface area contributed by atoms with Crippen LogP contribution < -0.4 is 10.1 Å². The fourth-order valence-electron chi connectivity index (χ4n) is 2.05. The van der Waals surface area contributed by atoms with Crippen LogP contribution in [0.25, 0.3) is 6.08 Å². The van der Waals surface area contributed by atoms with Gasteiger partial charge in [-0.25, -0.2) is 0 Å². The second kappa shape index (κ2) is 4.82. The molecule has 3 rings (SSSR count). The molecular formula is C14H15NO3. The molecule has 4 heteroatoms. The van der Waals surface area contributed by atoms with Crippen LogP contribution in [0.2, 0.25) is 0 Å². The lowest BCUT2D eigenvalue weighted by atomic mass is 10.1. The van der Waals surface area contributed by atoms with Crippen LogP contribution in [0.5, 0.6) is 5.75 Å². The van der Waals surface area contributed by atoms with E-state index in [4.69, 9.17) is 9.47 Å². The van der Waals surface area contributed by atoms with Crippen LogP contribution in [-0.2, 0) is 16.0 Å². The Morgan fingerprint density at radius 3 is 3.06 bits per heavy atom. The number of fused-ring (bicyclic) bond motifs is 1. The first-order valence-corrected chi connectivity index (χ1v) is 6.13. The first-order valence-electron chi connectivity index (χ1n) is 6.13. The summed E-state index contributed by atoms with van der Waals surface area (Å²) in [5.74, 6) is 0.892. The van der Waals surface area contributed by atoms with Crippen molar-refractivity contribution in [1.82, 2.24) is 5.32 Å². The van der Waals surface area contributed by atoms with Crippen molar-refractivity contribution in [1.29, 1.82) is 0 Å². The van der Waals surface area contributed by atoms with E-state index < -0.39 is 0 Å². The van der Waals surface area contributed by atoms with Gasteiger partial charge in [-0.2, -0.15) is 0 Å². The second-order valence-electron chi connectivity index (χ2n) is 4.54. The largest absolute Gasteiger partial charge is 0.493 e. The number of benzene rings is 1. The third-order valence-corrected chi connectivity index (χ3v) is 3.13. The Hall–Kier alpha value is -1.81. The molecule has 1 aromatic carbocycles. The standard InChI is InChI=1S/C14H15NO3/c16-14(15-12-8-17-9-12)4-2-10-1-3-13-11(7-10)5-6-18-13/h1-4,7,12H,5-6,8-9H2,(H,15,16). The van der Waals surface area contributed by atoms with E-state index in [9.17, 15) is 4.79 Å². The summed E-state index contributed by atoms with van der Waals surface area (Å²) in [4.78, 5) is 11.6. The van der Waals surface area contributed by atoms with Crippen LogP contribution in [-0.4, -0.2) is 31.8 Å². The Morgan fingerprint density at radius 2 is 2.28 bits per heavy atom. The predicted octanol–water partition coefficient (Wildman–Crippen LogP) is 1.15. The lowest BCUT2D eigenvalue weighted by Gasteiger charge is -2.26. The quantitative estimate of drug-likeness (QED) is 0.813. The van der Waals surface area contributed by atoms with Gasteiger partial charge in [-0.3, -0.25) is 4.79 Å². The highest BCUT2D eigenvalue weighted by molar-refractivity contribution is 5.92. The molecule has 2 aliphatic rings. The van der Waals surface area contributed by atoms with E-state index in [2.05, 4.69) is 11.4 Å². The van der Waals surface area contributed by atoms with E-state index in [1.54, 1.807) is 6.08 Å². The summed E-state index contributed by atoms with van der Waals surface area (Å²) in [6, 6.07) is 6.16. The molecule has 1 fully saturated rings. The van der Waals surface area contributed by atoms with Crippen LogP contribution in [0.1, 0.15) is 11.1 Å². The highest BCUT2D eigenvalue weighted by Gasteiger charge is 2.19. The molecule has 2 aliphatic heterocycles. The van der Waals surface area contributed by atoms with Gasteiger partial charge in [0.25, 0.3) is 0 Å². The molecule has 1 aromatic rings. The molecule has 0 spiro atoms. The summed E-state index contributed by atoms with van der Waals surface area (Å²) < 4.78 is 10.4. The van der Waals surface area contributed by atoms with Crippen molar-refractivity contribution < 1.29 is 14.3 Å². The molecule has 0 aromatic heterocycles. The van der Waals surface area contributed by atoms with Gasteiger partial charge in [-0.1, -0.05) is 6.07 Å². The van der Waals surface area contributed by atoms with Crippen LogP contribution in [0, 0.1) is 0 Å². The number of nitrogens with one attached hydrogen (secondary N) is 1. The number of carbonyl (C=O) groups is 1. The summed E-state index contributed by atoms with van der Waals surface area (Å²) >= 11 is 0. The van der Waals surface area contributed by atoms with Crippen molar-refractivity contribution in [3.05, 3.63) is 35.4 Å². The number of hydrogen-bond acceptors (Lipinski definition) is 3. The van der Waals surface area contributed by atoms with E-state index >= 15 is 0 Å². The molecular weight excluding hydrogens is 230 g/mol. The van der Waals surface area contributed by atoms with E-state index in [0.717, 1.165) is 24.3 Å². The molecule has 4 nitrogen and oxygen atoms in total. The highest BCUT2D eigenvalue weighted by Crippen LogP contribution is 2.26. The maximum absolute atomic E-state index is 11.6. The molecule has 94 valence electrons. The third kappa shape index (κ3) is 2.38. The van der Waals surface area contributed by atoms with Gasteiger partial charge in [-0.15, -0.1) is 0 Å². The maximum atomic E-state index is 11.6. The topological polar surface area (TPSA) is 47.6 Å². The summed E-state index contributed by atoms with van der Waals surface area (Å²) in [6.45, 7) is 2.00. The molecule has 0 radical (unpaired) electrons.